The molecule has 1 aromatic carbocycles. The lowest BCUT2D eigenvalue weighted by atomic mass is 10.1. The summed E-state index contributed by atoms with van der Waals surface area (Å²) in [6.45, 7) is 3.40. The maximum atomic E-state index is 12.6. The van der Waals surface area contributed by atoms with E-state index < -0.39 is 0 Å². The summed E-state index contributed by atoms with van der Waals surface area (Å²) in [6.07, 6.45) is 3.72. The zero-order valence-electron chi connectivity index (χ0n) is 13.8. The molecular weight excluding hydrogens is 290 g/mol. The zero-order chi connectivity index (χ0) is 16.2. The van der Waals surface area contributed by atoms with Gasteiger partial charge in [-0.3, -0.25) is 9.59 Å². The van der Waals surface area contributed by atoms with Gasteiger partial charge >= 0.3 is 0 Å². The highest BCUT2D eigenvalue weighted by Gasteiger charge is 2.26. The minimum absolute atomic E-state index is 0.0973. The SMILES string of the molecule is CNCC1CCN(C(=O)c2ccc(N3CCCCC3=O)cc2)C1. The predicted octanol–water partition coefficient (Wildman–Crippen LogP) is 1.88. The third kappa shape index (κ3) is 3.55. The highest BCUT2D eigenvalue weighted by Crippen LogP contribution is 2.23. The first-order chi connectivity index (χ1) is 11.2. The number of likely N-dealkylation sites (tertiary alicyclic amines) is 1. The topological polar surface area (TPSA) is 52.7 Å². The minimum Gasteiger partial charge on any atom is -0.338 e. The smallest absolute Gasteiger partial charge is 0.253 e. The van der Waals surface area contributed by atoms with E-state index in [1.807, 2.05) is 41.1 Å². The van der Waals surface area contributed by atoms with Gasteiger partial charge in [-0.05, 0) is 63.0 Å². The Bertz CT molecular complexity index is 570. The van der Waals surface area contributed by atoms with E-state index in [9.17, 15) is 9.59 Å². The summed E-state index contributed by atoms with van der Waals surface area (Å²) in [4.78, 5) is 28.3. The third-order valence-electron chi connectivity index (χ3n) is 4.82. The van der Waals surface area contributed by atoms with Gasteiger partial charge in [0, 0.05) is 37.3 Å². The van der Waals surface area contributed by atoms with Crippen molar-refractivity contribution in [3.8, 4) is 0 Å². The number of rotatable bonds is 4. The first-order valence-corrected chi connectivity index (χ1v) is 8.53. The largest absolute Gasteiger partial charge is 0.338 e. The molecule has 0 bridgehead atoms. The second-order valence-electron chi connectivity index (χ2n) is 6.51. The monoisotopic (exact) mass is 315 g/mol. The highest BCUT2D eigenvalue weighted by molar-refractivity contribution is 5.97. The molecule has 5 heteroatoms. The van der Waals surface area contributed by atoms with Crippen LogP contribution in [0, 0.1) is 5.92 Å². The minimum atomic E-state index is 0.0973. The summed E-state index contributed by atoms with van der Waals surface area (Å²) in [6, 6.07) is 7.51. The maximum absolute atomic E-state index is 12.6. The van der Waals surface area contributed by atoms with Gasteiger partial charge in [0.2, 0.25) is 5.91 Å². The Labute approximate surface area is 137 Å². The molecule has 1 atom stereocenters. The zero-order valence-corrected chi connectivity index (χ0v) is 13.8. The third-order valence-corrected chi connectivity index (χ3v) is 4.82. The normalized spacial score (nSPS) is 21.8. The average molecular weight is 315 g/mol. The first kappa shape index (κ1) is 16.0. The molecular formula is C18H25N3O2. The van der Waals surface area contributed by atoms with Crippen LogP contribution in [0.2, 0.25) is 0 Å². The van der Waals surface area contributed by atoms with Gasteiger partial charge in [0.05, 0.1) is 0 Å². The number of hydrogen-bond donors (Lipinski definition) is 1. The van der Waals surface area contributed by atoms with Crippen molar-refractivity contribution in [1.29, 1.82) is 0 Å². The molecule has 0 spiro atoms. The number of benzene rings is 1. The summed E-state index contributed by atoms with van der Waals surface area (Å²) >= 11 is 0. The van der Waals surface area contributed by atoms with Gasteiger partial charge in [-0.2, -0.15) is 0 Å². The number of hydrogen-bond acceptors (Lipinski definition) is 3. The first-order valence-electron chi connectivity index (χ1n) is 8.53. The Morgan fingerprint density at radius 3 is 2.70 bits per heavy atom. The van der Waals surface area contributed by atoms with E-state index in [0.29, 0.717) is 17.9 Å². The molecule has 0 aliphatic carbocycles. The molecule has 1 unspecified atom stereocenters. The van der Waals surface area contributed by atoms with Crippen molar-refractivity contribution in [1.82, 2.24) is 10.2 Å². The van der Waals surface area contributed by atoms with Crippen molar-refractivity contribution in [3.05, 3.63) is 29.8 Å². The van der Waals surface area contributed by atoms with E-state index in [1.165, 1.54) is 0 Å². The second kappa shape index (κ2) is 7.13. The number of amides is 2. The molecule has 2 fully saturated rings. The molecule has 124 valence electrons. The van der Waals surface area contributed by atoms with Crippen LogP contribution in [0.25, 0.3) is 0 Å². The van der Waals surface area contributed by atoms with Gasteiger partial charge in [-0.15, -0.1) is 0 Å². The van der Waals surface area contributed by atoms with Gasteiger partial charge in [-0.1, -0.05) is 0 Å². The molecule has 2 aliphatic heterocycles. The Morgan fingerprint density at radius 2 is 2.00 bits per heavy atom. The summed E-state index contributed by atoms with van der Waals surface area (Å²) in [7, 11) is 1.95. The van der Waals surface area contributed by atoms with E-state index >= 15 is 0 Å². The van der Waals surface area contributed by atoms with Crippen molar-refractivity contribution in [3.63, 3.8) is 0 Å². The predicted molar refractivity (Wildman–Crippen MR) is 90.6 cm³/mol. The number of nitrogens with one attached hydrogen (secondary N) is 1. The van der Waals surface area contributed by atoms with Crippen LogP contribution in [0.3, 0.4) is 0 Å². The van der Waals surface area contributed by atoms with Crippen LogP contribution in [0.4, 0.5) is 5.69 Å². The van der Waals surface area contributed by atoms with Gasteiger partial charge in [0.1, 0.15) is 0 Å². The lowest BCUT2D eigenvalue weighted by molar-refractivity contribution is -0.119. The van der Waals surface area contributed by atoms with Gasteiger partial charge in [0.15, 0.2) is 0 Å². The molecule has 2 heterocycles. The number of nitrogens with zero attached hydrogens (tertiary/aromatic N) is 2. The Morgan fingerprint density at radius 1 is 1.22 bits per heavy atom. The van der Waals surface area contributed by atoms with Gasteiger partial charge in [0.25, 0.3) is 5.91 Å². The van der Waals surface area contributed by atoms with E-state index in [0.717, 1.165) is 51.1 Å². The Balaban J connectivity index is 1.65. The van der Waals surface area contributed by atoms with E-state index in [2.05, 4.69) is 5.32 Å². The molecule has 2 amide bonds. The second-order valence-corrected chi connectivity index (χ2v) is 6.51. The average Bonchev–Trinajstić information content (AvgIpc) is 3.04. The number of carbonyl (C=O) groups excluding carboxylic acids is 2. The van der Waals surface area contributed by atoms with Gasteiger partial charge < -0.3 is 15.1 Å². The molecule has 2 aliphatic rings. The summed E-state index contributed by atoms with van der Waals surface area (Å²) in [5, 5.41) is 3.18. The quantitative estimate of drug-likeness (QED) is 0.923. The molecule has 1 N–H and O–H groups in total. The molecule has 0 radical (unpaired) electrons. The molecule has 1 aromatic rings. The van der Waals surface area contributed by atoms with E-state index in [-0.39, 0.29) is 11.8 Å². The number of carbonyl (C=O) groups is 2. The van der Waals surface area contributed by atoms with E-state index in [1.54, 1.807) is 0 Å². The van der Waals surface area contributed by atoms with Crippen molar-refractivity contribution < 1.29 is 9.59 Å². The molecule has 2 saturated heterocycles. The fourth-order valence-electron chi connectivity index (χ4n) is 3.52. The fraction of sp³-hybridized carbons (Fsp3) is 0.556. The Kier molecular flexibility index (Phi) is 4.96. The standard InChI is InChI=1S/C18H25N3O2/c1-19-12-14-9-11-20(13-14)18(23)15-5-7-16(8-6-15)21-10-3-2-4-17(21)22/h5-8,14,19H,2-4,9-13H2,1H3. The fourth-order valence-corrected chi connectivity index (χ4v) is 3.52. The lowest BCUT2D eigenvalue weighted by Crippen LogP contribution is -2.35. The summed E-state index contributed by atoms with van der Waals surface area (Å²) in [5.74, 6) is 0.832. The van der Waals surface area contributed by atoms with Crippen LogP contribution in [0.1, 0.15) is 36.0 Å². The van der Waals surface area contributed by atoms with Gasteiger partial charge in [-0.25, -0.2) is 0 Å². The van der Waals surface area contributed by atoms with Crippen LogP contribution in [-0.2, 0) is 4.79 Å². The summed E-state index contributed by atoms with van der Waals surface area (Å²) in [5.41, 5.74) is 1.61. The molecule has 0 saturated carbocycles. The molecule has 3 rings (SSSR count). The highest BCUT2D eigenvalue weighted by atomic mass is 16.2. The van der Waals surface area contributed by atoms with Crippen molar-refractivity contribution in [2.75, 3.05) is 38.1 Å². The lowest BCUT2D eigenvalue weighted by Gasteiger charge is -2.27. The van der Waals surface area contributed by atoms with Crippen LogP contribution < -0.4 is 10.2 Å². The van der Waals surface area contributed by atoms with Crippen LogP contribution in [0.15, 0.2) is 24.3 Å². The number of anilines is 1. The Hall–Kier alpha value is -1.88. The van der Waals surface area contributed by atoms with Crippen molar-refractivity contribution in [2.24, 2.45) is 5.92 Å². The van der Waals surface area contributed by atoms with Crippen LogP contribution in [0.5, 0.6) is 0 Å². The summed E-state index contributed by atoms with van der Waals surface area (Å²) < 4.78 is 0. The number of piperidine rings is 1. The van der Waals surface area contributed by atoms with Crippen LogP contribution in [-0.4, -0.2) is 49.9 Å². The molecule has 23 heavy (non-hydrogen) atoms. The molecule has 5 nitrogen and oxygen atoms in total. The van der Waals surface area contributed by atoms with E-state index in [4.69, 9.17) is 0 Å². The van der Waals surface area contributed by atoms with Crippen LogP contribution >= 0.6 is 0 Å². The molecule has 0 aromatic heterocycles. The maximum Gasteiger partial charge on any atom is 0.253 e. The van der Waals surface area contributed by atoms with Crippen molar-refractivity contribution >= 4 is 17.5 Å². The van der Waals surface area contributed by atoms with Crippen molar-refractivity contribution in [2.45, 2.75) is 25.7 Å².